The van der Waals surface area contributed by atoms with E-state index in [1.807, 2.05) is 26.0 Å². The average Bonchev–Trinajstić information content (AvgIpc) is 2.99. The van der Waals surface area contributed by atoms with Crippen LogP contribution in [0.4, 0.5) is 8.78 Å². The van der Waals surface area contributed by atoms with Crippen molar-refractivity contribution in [1.82, 2.24) is 9.88 Å². The number of rotatable bonds is 4. The lowest BCUT2D eigenvalue weighted by Gasteiger charge is -2.11. The van der Waals surface area contributed by atoms with Gasteiger partial charge in [0.05, 0.1) is 16.8 Å². The molecule has 1 N–H and O–H groups in total. The Balaban J connectivity index is 2.09. The third-order valence-electron chi connectivity index (χ3n) is 3.63. The number of carbonyl (C=O) groups is 1. The van der Waals surface area contributed by atoms with E-state index in [1.54, 1.807) is 15.9 Å². The summed E-state index contributed by atoms with van der Waals surface area (Å²) in [5, 5.41) is 2.77. The van der Waals surface area contributed by atoms with Crippen LogP contribution in [0.15, 0.2) is 30.3 Å². The molecule has 0 aliphatic rings. The summed E-state index contributed by atoms with van der Waals surface area (Å²) in [5.41, 5.74) is 1.72. The van der Waals surface area contributed by atoms with Crippen LogP contribution in [0.5, 0.6) is 0 Å². The van der Waals surface area contributed by atoms with Gasteiger partial charge in [0, 0.05) is 23.1 Å². The SMILES string of the molecule is CCNC(=O)c1cc2sc(C)cc2n1Cc1ccc(F)cc1F. The highest BCUT2D eigenvalue weighted by atomic mass is 32.1. The lowest BCUT2D eigenvalue weighted by molar-refractivity contribution is 0.0947. The van der Waals surface area contributed by atoms with Crippen molar-refractivity contribution in [3.05, 3.63) is 58.1 Å². The van der Waals surface area contributed by atoms with E-state index in [2.05, 4.69) is 5.32 Å². The van der Waals surface area contributed by atoms with Gasteiger partial charge in [0.2, 0.25) is 0 Å². The number of amides is 1. The Morgan fingerprint density at radius 2 is 2.04 bits per heavy atom. The lowest BCUT2D eigenvalue weighted by Crippen LogP contribution is -2.25. The van der Waals surface area contributed by atoms with Crippen LogP contribution in [0.3, 0.4) is 0 Å². The molecule has 0 fully saturated rings. The molecule has 0 atom stereocenters. The molecule has 3 aromatic rings. The molecule has 1 amide bonds. The number of hydrogen-bond donors (Lipinski definition) is 1. The minimum Gasteiger partial charge on any atom is -0.351 e. The zero-order valence-electron chi connectivity index (χ0n) is 12.8. The van der Waals surface area contributed by atoms with Crippen LogP contribution >= 0.6 is 11.3 Å². The van der Waals surface area contributed by atoms with E-state index in [-0.39, 0.29) is 12.5 Å². The number of fused-ring (bicyclic) bond motifs is 1. The maximum absolute atomic E-state index is 14.0. The maximum Gasteiger partial charge on any atom is 0.267 e. The van der Waals surface area contributed by atoms with Gasteiger partial charge in [-0.3, -0.25) is 4.79 Å². The lowest BCUT2D eigenvalue weighted by atomic mass is 10.2. The van der Waals surface area contributed by atoms with Crippen molar-refractivity contribution in [2.75, 3.05) is 6.54 Å². The van der Waals surface area contributed by atoms with Crippen LogP contribution in [-0.4, -0.2) is 17.0 Å². The number of halogens is 2. The van der Waals surface area contributed by atoms with Crippen LogP contribution in [0.1, 0.15) is 27.9 Å². The summed E-state index contributed by atoms with van der Waals surface area (Å²) < 4.78 is 29.8. The third kappa shape index (κ3) is 2.99. The fraction of sp³-hybridized carbons (Fsp3) is 0.235. The van der Waals surface area contributed by atoms with Gasteiger partial charge in [0.15, 0.2) is 0 Å². The average molecular weight is 334 g/mol. The van der Waals surface area contributed by atoms with E-state index in [0.717, 1.165) is 21.2 Å². The number of aromatic nitrogens is 1. The molecule has 0 saturated heterocycles. The summed E-state index contributed by atoms with van der Waals surface area (Å²) in [7, 11) is 0. The van der Waals surface area contributed by atoms with E-state index in [1.165, 1.54) is 12.1 Å². The first-order valence-electron chi connectivity index (χ1n) is 7.31. The van der Waals surface area contributed by atoms with Crippen LogP contribution in [-0.2, 0) is 6.54 Å². The van der Waals surface area contributed by atoms with Crippen LogP contribution in [0.25, 0.3) is 10.2 Å². The Kier molecular flexibility index (Phi) is 4.17. The van der Waals surface area contributed by atoms with E-state index in [4.69, 9.17) is 0 Å². The van der Waals surface area contributed by atoms with Gasteiger partial charge in [-0.1, -0.05) is 6.07 Å². The van der Waals surface area contributed by atoms with Crippen molar-refractivity contribution in [3.63, 3.8) is 0 Å². The maximum atomic E-state index is 14.0. The molecule has 0 aliphatic heterocycles. The quantitative estimate of drug-likeness (QED) is 0.766. The summed E-state index contributed by atoms with van der Waals surface area (Å²) in [6.45, 7) is 4.52. The predicted octanol–water partition coefficient (Wildman–Crippen LogP) is 4.09. The third-order valence-corrected chi connectivity index (χ3v) is 4.61. The highest BCUT2D eigenvalue weighted by Gasteiger charge is 2.18. The number of nitrogens with zero attached hydrogens (tertiary/aromatic N) is 1. The molecule has 23 heavy (non-hydrogen) atoms. The largest absolute Gasteiger partial charge is 0.351 e. The zero-order chi connectivity index (χ0) is 16.6. The summed E-state index contributed by atoms with van der Waals surface area (Å²) in [6, 6.07) is 7.30. The molecule has 3 rings (SSSR count). The Morgan fingerprint density at radius 3 is 2.74 bits per heavy atom. The molecule has 0 saturated carbocycles. The molecule has 120 valence electrons. The summed E-state index contributed by atoms with van der Waals surface area (Å²) in [5.74, 6) is -1.42. The molecule has 2 aromatic heterocycles. The van der Waals surface area contributed by atoms with Crippen molar-refractivity contribution >= 4 is 27.5 Å². The normalized spacial score (nSPS) is 11.1. The van der Waals surface area contributed by atoms with Gasteiger partial charge >= 0.3 is 0 Å². The Morgan fingerprint density at radius 1 is 1.26 bits per heavy atom. The van der Waals surface area contributed by atoms with Crippen molar-refractivity contribution in [1.29, 1.82) is 0 Å². The molecule has 6 heteroatoms. The number of nitrogens with one attached hydrogen (secondary N) is 1. The van der Waals surface area contributed by atoms with Gasteiger partial charge in [-0.05, 0) is 32.0 Å². The summed E-state index contributed by atoms with van der Waals surface area (Å²) in [4.78, 5) is 13.4. The Hall–Kier alpha value is -2.21. The predicted molar refractivity (Wildman–Crippen MR) is 88.0 cm³/mol. The Labute approximate surface area is 136 Å². The molecular weight excluding hydrogens is 318 g/mol. The van der Waals surface area contributed by atoms with E-state index >= 15 is 0 Å². The molecule has 0 aliphatic carbocycles. The van der Waals surface area contributed by atoms with Crippen molar-refractivity contribution in [2.24, 2.45) is 0 Å². The zero-order valence-corrected chi connectivity index (χ0v) is 13.6. The molecule has 1 aromatic carbocycles. The number of benzene rings is 1. The summed E-state index contributed by atoms with van der Waals surface area (Å²) in [6.07, 6.45) is 0. The molecule has 0 spiro atoms. The van der Waals surface area contributed by atoms with Gasteiger partial charge in [-0.15, -0.1) is 11.3 Å². The minimum atomic E-state index is -0.612. The van der Waals surface area contributed by atoms with E-state index in [9.17, 15) is 13.6 Å². The van der Waals surface area contributed by atoms with Crippen molar-refractivity contribution < 1.29 is 13.6 Å². The van der Waals surface area contributed by atoms with Crippen LogP contribution in [0.2, 0.25) is 0 Å². The van der Waals surface area contributed by atoms with Crippen molar-refractivity contribution in [2.45, 2.75) is 20.4 Å². The molecule has 2 heterocycles. The van der Waals surface area contributed by atoms with Gasteiger partial charge in [0.1, 0.15) is 17.3 Å². The van der Waals surface area contributed by atoms with E-state index in [0.29, 0.717) is 17.8 Å². The number of aryl methyl sites for hydroxylation is 1. The molecule has 0 unspecified atom stereocenters. The fourth-order valence-corrected chi connectivity index (χ4v) is 3.56. The molecule has 0 radical (unpaired) electrons. The highest BCUT2D eigenvalue weighted by molar-refractivity contribution is 7.19. The first kappa shape index (κ1) is 15.7. The van der Waals surface area contributed by atoms with Crippen LogP contribution in [0, 0.1) is 18.6 Å². The number of thiophene rings is 1. The molecular formula is C17H16F2N2OS. The second-order valence-electron chi connectivity index (χ2n) is 5.32. The van der Waals surface area contributed by atoms with Gasteiger partial charge in [0.25, 0.3) is 5.91 Å². The van der Waals surface area contributed by atoms with Gasteiger partial charge < -0.3 is 9.88 Å². The second-order valence-corrected chi connectivity index (χ2v) is 6.61. The summed E-state index contributed by atoms with van der Waals surface area (Å²) >= 11 is 1.59. The topological polar surface area (TPSA) is 34.0 Å². The first-order chi connectivity index (χ1) is 11.0. The Bertz CT molecular complexity index is 882. The first-order valence-corrected chi connectivity index (χ1v) is 8.13. The highest BCUT2D eigenvalue weighted by Crippen LogP contribution is 2.29. The van der Waals surface area contributed by atoms with E-state index < -0.39 is 11.6 Å². The van der Waals surface area contributed by atoms with Gasteiger partial charge in [-0.2, -0.15) is 0 Å². The number of hydrogen-bond acceptors (Lipinski definition) is 2. The second kappa shape index (κ2) is 6.12. The fourth-order valence-electron chi connectivity index (χ4n) is 2.59. The number of carbonyl (C=O) groups excluding carboxylic acids is 1. The minimum absolute atomic E-state index is 0.179. The molecule has 0 bridgehead atoms. The van der Waals surface area contributed by atoms with Gasteiger partial charge in [-0.25, -0.2) is 8.78 Å². The standard InChI is InChI=1S/C17H16F2N2OS/c1-3-20-17(22)15-8-16-14(6-10(2)23-16)21(15)9-11-4-5-12(18)7-13(11)19/h4-8H,3,9H2,1-2H3,(H,20,22). The smallest absolute Gasteiger partial charge is 0.267 e. The molecule has 3 nitrogen and oxygen atoms in total. The van der Waals surface area contributed by atoms with Crippen molar-refractivity contribution in [3.8, 4) is 0 Å². The monoisotopic (exact) mass is 334 g/mol. The van der Waals surface area contributed by atoms with Crippen LogP contribution < -0.4 is 5.32 Å².